The van der Waals surface area contributed by atoms with Gasteiger partial charge in [-0.3, -0.25) is 9.78 Å². The number of nitrogens with zero attached hydrogens (tertiary/aromatic N) is 1. The number of carbonyl (C=O) groups is 1. The molecule has 1 aromatic heterocycles. The van der Waals surface area contributed by atoms with E-state index in [1.54, 1.807) is 6.20 Å². The lowest BCUT2D eigenvalue weighted by atomic mass is 10.0. The Balaban J connectivity index is 1.53. The van der Waals surface area contributed by atoms with Crippen LogP contribution in [-0.4, -0.2) is 10.9 Å². The van der Waals surface area contributed by atoms with Gasteiger partial charge in [-0.25, -0.2) is 0 Å². The summed E-state index contributed by atoms with van der Waals surface area (Å²) in [5, 5.41) is 3.21. The summed E-state index contributed by atoms with van der Waals surface area (Å²) >= 11 is 0. The van der Waals surface area contributed by atoms with Gasteiger partial charge in [0, 0.05) is 12.1 Å². The predicted molar refractivity (Wildman–Crippen MR) is 98.0 cm³/mol. The summed E-state index contributed by atoms with van der Waals surface area (Å²) in [6, 6.07) is 25.9. The summed E-state index contributed by atoms with van der Waals surface area (Å²) < 4.78 is 0. The van der Waals surface area contributed by atoms with Gasteiger partial charge in [-0.1, -0.05) is 66.7 Å². The molecule has 1 aliphatic carbocycles. The van der Waals surface area contributed by atoms with Crippen LogP contribution in [0.1, 0.15) is 35.2 Å². The van der Waals surface area contributed by atoms with Gasteiger partial charge in [0.2, 0.25) is 5.91 Å². The van der Waals surface area contributed by atoms with Gasteiger partial charge in [0.25, 0.3) is 0 Å². The van der Waals surface area contributed by atoms with Crippen LogP contribution in [0.3, 0.4) is 0 Å². The lowest BCUT2D eigenvalue weighted by Crippen LogP contribution is -2.31. The van der Waals surface area contributed by atoms with Crippen LogP contribution >= 0.6 is 0 Å². The van der Waals surface area contributed by atoms with Crippen LogP contribution < -0.4 is 5.32 Å². The summed E-state index contributed by atoms with van der Waals surface area (Å²) in [7, 11) is 0. The zero-order valence-electron chi connectivity index (χ0n) is 13.9. The van der Waals surface area contributed by atoms with E-state index in [-0.39, 0.29) is 17.9 Å². The van der Waals surface area contributed by atoms with E-state index >= 15 is 0 Å². The number of pyridine rings is 1. The van der Waals surface area contributed by atoms with Crippen molar-refractivity contribution in [3.63, 3.8) is 0 Å². The predicted octanol–water partition coefficient (Wildman–Crippen LogP) is 4.09. The van der Waals surface area contributed by atoms with Gasteiger partial charge in [-0.2, -0.15) is 0 Å². The molecule has 2 aromatic carbocycles. The molecule has 0 spiro atoms. The van der Waals surface area contributed by atoms with E-state index in [4.69, 9.17) is 0 Å². The van der Waals surface area contributed by atoms with Gasteiger partial charge in [0.05, 0.1) is 11.7 Å². The van der Waals surface area contributed by atoms with Gasteiger partial charge < -0.3 is 5.32 Å². The van der Waals surface area contributed by atoms with Crippen molar-refractivity contribution in [2.24, 2.45) is 5.92 Å². The van der Waals surface area contributed by atoms with E-state index in [2.05, 4.69) is 22.4 Å². The van der Waals surface area contributed by atoms with Crippen LogP contribution in [0.15, 0.2) is 85.1 Å². The fourth-order valence-electron chi connectivity index (χ4n) is 3.32. The number of hydrogen-bond donors (Lipinski definition) is 1. The number of aromatic nitrogens is 1. The topological polar surface area (TPSA) is 42.0 Å². The first-order valence-corrected chi connectivity index (χ1v) is 8.64. The van der Waals surface area contributed by atoms with Crippen molar-refractivity contribution in [2.75, 3.05) is 0 Å². The number of amides is 1. The number of carbonyl (C=O) groups excluding carboxylic acids is 1. The van der Waals surface area contributed by atoms with E-state index < -0.39 is 0 Å². The van der Waals surface area contributed by atoms with Crippen molar-refractivity contribution in [1.29, 1.82) is 0 Å². The third-order valence-corrected chi connectivity index (χ3v) is 4.76. The largest absolute Gasteiger partial charge is 0.343 e. The summed E-state index contributed by atoms with van der Waals surface area (Å²) in [6.45, 7) is 0. The molecule has 1 heterocycles. The van der Waals surface area contributed by atoms with E-state index in [1.165, 1.54) is 5.56 Å². The summed E-state index contributed by atoms with van der Waals surface area (Å²) in [6.07, 6.45) is 2.68. The smallest absolute Gasteiger partial charge is 0.224 e. The molecule has 1 N–H and O–H groups in total. The highest BCUT2D eigenvalue weighted by atomic mass is 16.2. The van der Waals surface area contributed by atoms with Crippen LogP contribution in [0.25, 0.3) is 0 Å². The molecule has 1 fully saturated rings. The maximum absolute atomic E-state index is 12.8. The molecule has 3 nitrogen and oxygen atoms in total. The maximum atomic E-state index is 12.8. The molecule has 1 amide bonds. The Labute approximate surface area is 147 Å². The van der Waals surface area contributed by atoms with Crippen LogP contribution in [0.4, 0.5) is 0 Å². The summed E-state index contributed by atoms with van der Waals surface area (Å²) in [4.78, 5) is 17.3. The molecular formula is C22H20N2O. The van der Waals surface area contributed by atoms with Crippen molar-refractivity contribution in [3.05, 3.63) is 102 Å². The fraction of sp³-hybridized carbons (Fsp3) is 0.182. The van der Waals surface area contributed by atoms with Crippen LogP contribution in [-0.2, 0) is 4.79 Å². The SMILES string of the molecule is O=C(N[C@H](c1ccccc1)c1ccccn1)[C@@H]1C[C@@H]1c1ccccc1. The zero-order valence-corrected chi connectivity index (χ0v) is 13.9. The second kappa shape index (κ2) is 6.89. The first kappa shape index (κ1) is 15.6. The van der Waals surface area contributed by atoms with E-state index in [1.807, 2.05) is 66.7 Å². The van der Waals surface area contributed by atoms with Crippen molar-refractivity contribution in [2.45, 2.75) is 18.4 Å². The van der Waals surface area contributed by atoms with Gasteiger partial charge in [0.15, 0.2) is 0 Å². The number of hydrogen-bond acceptors (Lipinski definition) is 2. The highest BCUT2D eigenvalue weighted by Crippen LogP contribution is 2.47. The number of benzene rings is 2. The second-order valence-corrected chi connectivity index (χ2v) is 6.47. The lowest BCUT2D eigenvalue weighted by molar-refractivity contribution is -0.122. The van der Waals surface area contributed by atoms with Crippen molar-refractivity contribution in [1.82, 2.24) is 10.3 Å². The molecule has 1 aliphatic rings. The summed E-state index contributed by atoms with van der Waals surface area (Å²) in [5.41, 5.74) is 3.15. The van der Waals surface area contributed by atoms with Gasteiger partial charge in [-0.15, -0.1) is 0 Å². The Hall–Kier alpha value is -2.94. The van der Waals surface area contributed by atoms with E-state index in [9.17, 15) is 4.79 Å². The molecule has 0 bridgehead atoms. The molecule has 0 aliphatic heterocycles. The minimum Gasteiger partial charge on any atom is -0.343 e. The highest BCUT2D eigenvalue weighted by Gasteiger charge is 2.44. The molecule has 3 aromatic rings. The van der Waals surface area contributed by atoms with Crippen LogP contribution in [0.5, 0.6) is 0 Å². The zero-order chi connectivity index (χ0) is 17.1. The van der Waals surface area contributed by atoms with Gasteiger partial charge >= 0.3 is 0 Å². The van der Waals surface area contributed by atoms with Gasteiger partial charge in [0.1, 0.15) is 0 Å². The average Bonchev–Trinajstić information content (AvgIpc) is 3.49. The first-order valence-electron chi connectivity index (χ1n) is 8.64. The third kappa shape index (κ3) is 3.45. The first-order chi connectivity index (χ1) is 12.3. The van der Waals surface area contributed by atoms with E-state index in [0.29, 0.717) is 5.92 Å². The van der Waals surface area contributed by atoms with E-state index in [0.717, 1.165) is 17.7 Å². The van der Waals surface area contributed by atoms with Crippen molar-refractivity contribution >= 4 is 5.91 Å². The van der Waals surface area contributed by atoms with Gasteiger partial charge in [-0.05, 0) is 35.6 Å². The average molecular weight is 328 g/mol. The second-order valence-electron chi connectivity index (χ2n) is 6.47. The lowest BCUT2D eigenvalue weighted by Gasteiger charge is -2.19. The normalized spacial score (nSPS) is 19.8. The molecule has 3 atom stereocenters. The minimum absolute atomic E-state index is 0.0531. The molecule has 4 rings (SSSR count). The van der Waals surface area contributed by atoms with Crippen molar-refractivity contribution < 1.29 is 4.79 Å². The quantitative estimate of drug-likeness (QED) is 0.766. The summed E-state index contributed by atoms with van der Waals surface area (Å²) in [5.74, 6) is 0.493. The molecule has 0 radical (unpaired) electrons. The Kier molecular flexibility index (Phi) is 4.30. The minimum atomic E-state index is -0.216. The third-order valence-electron chi connectivity index (χ3n) is 4.76. The van der Waals surface area contributed by atoms with Crippen LogP contribution in [0.2, 0.25) is 0 Å². The maximum Gasteiger partial charge on any atom is 0.224 e. The molecule has 124 valence electrons. The molecule has 25 heavy (non-hydrogen) atoms. The molecule has 3 heteroatoms. The molecular weight excluding hydrogens is 308 g/mol. The number of nitrogens with one attached hydrogen (secondary N) is 1. The van der Waals surface area contributed by atoms with Crippen LogP contribution in [0, 0.1) is 5.92 Å². The number of rotatable bonds is 5. The monoisotopic (exact) mass is 328 g/mol. The van der Waals surface area contributed by atoms with Crippen molar-refractivity contribution in [3.8, 4) is 0 Å². The standard InChI is InChI=1S/C22H20N2O/c25-22(19-15-18(19)16-9-3-1-4-10-16)24-21(17-11-5-2-6-12-17)20-13-7-8-14-23-20/h1-14,18-19,21H,15H2,(H,24,25)/t18-,19-,21-/m1/s1. The molecule has 1 saturated carbocycles. The Morgan fingerprint density at radius 2 is 1.60 bits per heavy atom. The highest BCUT2D eigenvalue weighted by molar-refractivity contribution is 5.83. The molecule has 0 saturated heterocycles. The fourth-order valence-corrected chi connectivity index (χ4v) is 3.32. The Morgan fingerprint density at radius 3 is 2.28 bits per heavy atom. The Bertz CT molecular complexity index is 794. The Morgan fingerprint density at radius 1 is 0.920 bits per heavy atom. The molecule has 0 unspecified atom stereocenters.